The number of benzene rings is 1. The van der Waals surface area contributed by atoms with Crippen molar-refractivity contribution in [2.45, 2.75) is 12.8 Å². The van der Waals surface area contributed by atoms with Gasteiger partial charge in [0.2, 0.25) is 0 Å². The van der Waals surface area contributed by atoms with Crippen LogP contribution in [0.1, 0.15) is 22.5 Å². The minimum absolute atomic E-state index is 0.275. The zero-order valence-electron chi connectivity index (χ0n) is 8.57. The van der Waals surface area contributed by atoms with Crippen LogP contribution >= 0.6 is 11.6 Å². The van der Waals surface area contributed by atoms with Crippen molar-refractivity contribution in [3.05, 3.63) is 35.6 Å². The maximum Gasteiger partial charge on any atom is 0.335 e. The highest BCUT2D eigenvalue weighted by molar-refractivity contribution is 6.17. The van der Waals surface area contributed by atoms with Gasteiger partial charge in [0.1, 0.15) is 11.3 Å². The van der Waals surface area contributed by atoms with Crippen molar-refractivity contribution >= 4 is 28.5 Å². The second kappa shape index (κ2) is 4.58. The van der Waals surface area contributed by atoms with Gasteiger partial charge in [-0.3, -0.25) is 0 Å². The maximum absolute atomic E-state index is 10.8. The monoisotopic (exact) mass is 238 g/mol. The summed E-state index contributed by atoms with van der Waals surface area (Å²) in [5.41, 5.74) is 0.992. The third kappa shape index (κ3) is 2.19. The van der Waals surface area contributed by atoms with Crippen molar-refractivity contribution in [3.8, 4) is 0 Å². The van der Waals surface area contributed by atoms with Gasteiger partial charge in [0.15, 0.2) is 0 Å². The summed E-state index contributed by atoms with van der Waals surface area (Å²) in [6.07, 6.45) is 1.63. The molecule has 0 atom stereocenters. The van der Waals surface area contributed by atoms with Crippen LogP contribution in [0, 0.1) is 0 Å². The lowest BCUT2D eigenvalue weighted by Crippen LogP contribution is -1.94. The van der Waals surface area contributed by atoms with Crippen molar-refractivity contribution in [1.29, 1.82) is 0 Å². The molecule has 16 heavy (non-hydrogen) atoms. The molecule has 0 fully saturated rings. The van der Waals surface area contributed by atoms with Crippen molar-refractivity contribution in [2.75, 3.05) is 5.88 Å². The average Bonchev–Trinajstić information content (AvgIpc) is 2.67. The van der Waals surface area contributed by atoms with Gasteiger partial charge in [-0.05, 0) is 30.7 Å². The number of fused-ring (bicyclic) bond motifs is 1. The second-order valence-electron chi connectivity index (χ2n) is 3.56. The smallest absolute Gasteiger partial charge is 0.335 e. The average molecular weight is 239 g/mol. The molecular weight excluding hydrogens is 228 g/mol. The fraction of sp³-hybridized carbons (Fsp3) is 0.250. The first-order chi connectivity index (χ1) is 7.70. The van der Waals surface area contributed by atoms with Crippen molar-refractivity contribution < 1.29 is 14.3 Å². The summed E-state index contributed by atoms with van der Waals surface area (Å²) in [5, 5.41) is 9.67. The molecule has 2 aromatic rings. The zero-order chi connectivity index (χ0) is 11.5. The first kappa shape index (κ1) is 11.0. The van der Waals surface area contributed by atoms with Gasteiger partial charge >= 0.3 is 5.97 Å². The van der Waals surface area contributed by atoms with Crippen molar-refractivity contribution in [1.82, 2.24) is 0 Å². The Labute approximate surface area is 97.6 Å². The number of aryl methyl sites for hydroxylation is 1. The van der Waals surface area contributed by atoms with Crippen LogP contribution < -0.4 is 0 Å². The standard InChI is InChI=1S/C12H11ClO3/c13-5-1-2-10-7-9-6-8(12(14)15)3-4-11(9)16-10/h3-4,6-7H,1-2,5H2,(H,14,15). The Morgan fingerprint density at radius 1 is 1.38 bits per heavy atom. The van der Waals surface area contributed by atoms with Crippen LogP contribution in [0.15, 0.2) is 28.7 Å². The van der Waals surface area contributed by atoms with Gasteiger partial charge in [-0.2, -0.15) is 0 Å². The van der Waals surface area contributed by atoms with Crippen LogP contribution in [0.5, 0.6) is 0 Å². The van der Waals surface area contributed by atoms with E-state index < -0.39 is 5.97 Å². The molecule has 2 rings (SSSR count). The quantitative estimate of drug-likeness (QED) is 0.832. The molecule has 0 radical (unpaired) electrons. The number of hydrogen-bond donors (Lipinski definition) is 1. The Kier molecular flexibility index (Phi) is 3.15. The van der Waals surface area contributed by atoms with Crippen LogP contribution in [-0.2, 0) is 6.42 Å². The van der Waals surface area contributed by atoms with Crippen LogP contribution in [0.25, 0.3) is 11.0 Å². The number of carboxylic acids is 1. The maximum atomic E-state index is 10.8. The summed E-state index contributed by atoms with van der Waals surface area (Å²) in [5.74, 6) is 0.515. The normalized spacial score (nSPS) is 10.8. The Morgan fingerprint density at radius 2 is 2.19 bits per heavy atom. The van der Waals surface area contributed by atoms with Crippen LogP contribution in [0.2, 0.25) is 0 Å². The van der Waals surface area contributed by atoms with Gasteiger partial charge in [-0.15, -0.1) is 11.6 Å². The summed E-state index contributed by atoms with van der Waals surface area (Å²) in [6.45, 7) is 0. The summed E-state index contributed by atoms with van der Waals surface area (Å²) in [6, 6.07) is 6.71. The van der Waals surface area contributed by atoms with E-state index in [0.717, 1.165) is 29.6 Å². The molecule has 0 unspecified atom stereocenters. The van der Waals surface area contributed by atoms with Gasteiger partial charge in [0.05, 0.1) is 5.56 Å². The van der Waals surface area contributed by atoms with Gasteiger partial charge in [-0.1, -0.05) is 0 Å². The van der Waals surface area contributed by atoms with Crippen molar-refractivity contribution in [2.24, 2.45) is 0 Å². The van der Waals surface area contributed by atoms with Crippen LogP contribution in [0.3, 0.4) is 0 Å². The first-order valence-corrected chi connectivity index (χ1v) is 5.56. The Hall–Kier alpha value is -1.48. The number of furan rings is 1. The number of rotatable bonds is 4. The van der Waals surface area contributed by atoms with Crippen LogP contribution in [0.4, 0.5) is 0 Å². The van der Waals surface area contributed by atoms with E-state index in [9.17, 15) is 4.79 Å². The number of carboxylic acid groups (broad SMARTS) is 1. The van der Waals surface area contributed by atoms with Gasteiger partial charge in [-0.25, -0.2) is 4.79 Å². The number of carbonyl (C=O) groups is 1. The highest BCUT2D eigenvalue weighted by Crippen LogP contribution is 2.21. The third-order valence-electron chi connectivity index (χ3n) is 2.37. The van der Waals surface area contributed by atoms with Crippen molar-refractivity contribution in [3.63, 3.8) is 0 Å². The molecular formula is C12H11ClO3. The molecule has 0 aliphatic carbocycles. The molecule has 0 spiro atoms. The number of aromatic carboxylic acids is 1. The minimum Gasteiger partial charge on any atom is -0.478 e. The molecule has 84 valence electrons. The SMILES string of the molecule is O=C(O)c1ccc2oc(CCCCl)cc2c1. The molecule has 1 aromatic carbocycles. The van der Waals surface area contributed by atoms with E-state index in [0.29, 0.717) is 5.88 Å². The molecule has 0 aliphatic heterocycles. The highest BCUT2D eigenvalue weighted by Gasteiger charge is 2.07. The lowest BCUT2D eigenvalue weighted by molar-refractivity contribution is 0.0697. The Bertz CT molecular complexity index is 516. The summed E-state index contributed by atoms with van der Waals surface area (Å²) < 4.78 is 5.55. The summed E-state index contributed by atoms with van der Waals surface area (Å²) >= 11 is 5.60. The van der Waals surface area contributed by atoms with E-state index in [4.69, 9.17) is 21.1 Å². The van der Waals surface area contributed by atoms with E-state index in [1.807, 2.05) is 6.07 Å². The molecule has 1 aromatic heterocycles. The summed E-state index contributed by atoms with van der Waals surface area (Å²) in [4.78, 5) is 10.8. The molecule has 0 amide bonds. The number of hydrogen-bond acceptors (Lipinski definition) is 2. The predicted molar refractivity (Wildman–Crippen MR) is 62.2 cm³/mol. The van der Waals surface area contributed by atoms with E-state index in [1.165, 1.54) is 0 Å². The lowest BCUT2D eigenvalue weighted by Gasteiger charge is -1.92. The van der Waals surface area contributed by atoms with E-state index in [1.54, 1.807) is 18.2 Å². The molecule has 0 saturated heterocycles. The summed E-state index contributed by atoms with van der Waals surface area (Å²) in [7, 11) is 0. The van der Waals surface area contributed by atoms with E-state index in [-0.39, 0.29) is 5.56 Å². The van der Waals surface area contributed by atoms with Crippen LogP contribution in [-0.4, -0.2) is 17.0 Å². The fourth-order valence-corrected chi connectivity index (χ4v) is 1.73. The number of alkyl halides is 1. The predicted octanol–water partition coefficient (Wildman–Crippen LogP) is 3.30. The molecule has 1 heterocycles. The lowest BCUT2D eigenvalue weighted by atomic mass is 10.1. The molecule has 0 bridgehead atoms. The highest BCUT2D eigenvalue weighted by atomic mass is 35.5. The molecule has 0 saturated carbocycles. The van der Waals surface area contributed by atoms with E-state index >= 15 is 0 Å². The Balaban J connectivity index is 2.34. The molecule has 4 heteroatoms. The largest absolute Gasteiger partial charge is 0.478 e. The molecule has 3 nitrogen and oxygen atoms in total. The number of halogens is 1. The van der Waals surface area contributed by atoms with Gasteiger partial charge in [0, 0.05) is 17.7 Å². The van der Waals surface area contributed by atoms with E-state index in [2.05, 4.69) is 0 Å². The molecule has 0 aliphatic rings. The minimum atomic E-state index is -0.926. The molecule has 1 N–H and O–H groups in total. The first-order valence-electron chi connectivity index (χ1n) is 5.02. The second-order valence-corrected chi connectivity index (χ2v) is 3.94. The van der Waals surface area contributed by atoms with Gasteiger partial charge in [0.25, 0.3) is 0 Å². The zero-order valence-corrected chi connectivity index (χ0v) is 9.33. The third-order valence-corrected chi connectivity index (χ3v) is 2.64. The topological polar surface area (TPSA) is 50.4 Å². The fourth-order valence-electron chi connectivity index (χ4n) is 1.60. The Morgan fingerprint density at radius 3 is 2.88 bits per heavy atom. The van der Waals surface area contributed by atoms with Gasteiger partial charge < -0.3 is 9.52 Å².